The van der Waals surface area contributed by atoms with Crippen LogP contribution >= 0.6 is 0 Å². The normalized spacial score (nSPS) is 19.1. The van der Waals surface area contributed by atoms with Crippen LogP contribution in [-0.2, 0) is 9.53 Å². The quantitative estimate of drug-likeness (QED) is 0.654. The van der Waals surface area contributed by atoms with Crippen LogP contribution in [0.3, 0.4) is 0 Å². The number of hydrazone groups is 1. The Bertz CT molecular complexity index is 591. The summed E-state index contributed by atoms with van der Waals surface area (Å²) < 4.78 is 5.27. The summed E-state index contributed by atoms with van der Waals surface area (Å²) in [5.41, 5.74) is 6.09. The molecule has 2 aliphatic heterocycles. The average Bonchev–Trinajstić information content (AvgIpc) is 3.12. The Morgan fingerprint density at radius 3 is 2.71 bits per heavy atom. The van der Waals surface area contributed by atoms with Crippen LogP contribution in [-0.4, -0.2) is 63.0 Å². The Labute approximate surface area is 143 Å². The first-order valence-electron chi connectivity index (χ1n) is 8.70. The molecule has 6 nitrogen and oxygen atoms in total. The summed E-state index contributed by atoms with van der Waals surface area (Å²) in [5.74, 6) is -0.0838. The molecule has 1 N–H and O–H groups in total. The molecule has 130 valence electrons. The molecule has 2 aliphatic rings. The van der Waals surface area contributed by atoms with Gasteiger partial charge in [0.1, 0.15) is 0 Å². The molecule has 0 radical (unpaired) electrons. The highest BCUT2D eigenvalue weighted by atomic mass is 16.5. The fraction of sp³-hybridized carbons (Fsp3) is 0.556. The maximum atomic E-state index is 11.9. The van der Waals surface area contributed by atoms with Crippen molar-refractivity contribution >= 4 is 17.8 Å². The highest BCUT2D eigenvalue weighted by Crippen LogP contribution is 2.22. The molecule has 2 heterocycles. The Morgan fingerprint density at radius 1 is 1.25 bits per heavy atom. The zero-order chi connectivity index (χ0) is 16.8. The number of hydrogen-bond acceptors (Lipinski definition) is 5. The van der Waals surface area contributed by atoms with Crippen molar-refractivity contribution in [3.8, 4) is 0 Å². The zero-order valence-corrected chi connectivity index (χ0v) is 14.3. The van der Waals surface area contributed by atoms with E-state index in [1.807, 2.05) is 0 Å². The van der Waals surface area contributed by atoms with Crippen LogP contribution in [0.15, 0.2) is 23.3 Å². The van der Waals surface area contributed by atoms with Crippen molar-refractivity contribution in [2.75, 3.05) is 50.8 Å². The third-order valence-corrected chi connectivity index (χ3v) is 4.59. The van der Waals surface area contributed by atoms with Crippen LogP contribution < -0.4 is 10.3 Å². The van der Waals surface area contributed by atoms with Crippen molar-refractivity contribution in [1.29, 1.82) is 0 Å². The van der Waals surface area contributed by atoms with E-state index in [2.05, 4.69) is 45.4 Å². The maximum Gasteiger partial charge on any atom is 0.254 e. The van der Waals surface area contributed by atoms with Crippen molar-refractivity contribution in [2.45, 2.75) is 19.8 Å². The fourth-order valence-corrected chi connectivity index (χ4v) is 3.15. The number of hydrogen-bond donors (Lipinski definition) is 1. The summed E-state index contributed by atoms with van der Waals surface area (Å²) in [6.07, 6.45) is 4.27. The number of carbonyl (C=O) groups excluding carboxylic acids is 1. The molecule has 3 rings (SSSR count). The lowest BCUT2D eigenvalue weighted by Gasteiger charge is -2.25. The molecule has 0 atom stereocenters. The largest absolute Gasteiger partial charge is 0.379 e. The summed E-state index contributed by atoms with van der Waals surface area (Å²) in [5, 5.41) is 4.10. The van der Waals surface area contributed by atoms with Crippen LogP contribution in [0.25, 0.3) is 0 Å². The summed E-state index contributed by atoms with van der Waals surface area (Å²) in [4.78, 5) is 16.4. The van der Waals surface area contributed by atoms with Crippen molar-refractivity contribution < 1.29 is 9.53 Å². The molecular formula is C18H26N4O2. The van der Waals surface area contributed by atoms with Crippen LogP contribution in [0.2, 0.25) is 0 Å². The van der Waals surface area contributed by atoms with Gasteiger partial charge in [-0.2, -0.15) is 5.10 Å². The van der Waals surface area contributed by atoms with Gasteiger partial charge in [0.25, 0.3) is 5.91 Å². The number of ether oxygens (including phenoxy) is 1. The van der Waals surface area contributed by atoms with Crippen molar-refractivity contribution in [3.05, 3.63) is 29.3 Å². The van der Waals surface area contributed by atoms with Crippen LogP contribution in [0.5, 0.6) is 0 Å². The number of benzene rings is 1. The van der Waals surface area contributed by atoms with Gasteiger partial charge in [-0.15, -0.1) is 0 Å². The van der Waals surface area contributed by atoms with Gasteiger partial charge in [-0.3, -0.25) is 9.69 Å². The molecule has 0 bridgehead atoms. The Kier molecular flexibility index (Phi) is 5.82. The second-order valence-corrected chi connectivity index (χ2v) is 6.42. The monoisotopic (exact) mass is 330 g/mol. The second kappa shape index (κ2) is 8.26. The average molecular weight is 330 g/mol. The smallest absolute Gasteiger partial charge is 0.254 e. The highest BCUT2D eigenvalue weighted by molar-refractivity contribution is 5.85. The molecule has 6 heteroatoms. The van der Waals surface area contributed by atoms with Gasteiger partial charge in [-0.25, -0.2) is 5.43 Å². The predicted octanol–water partition coefficient (Wildman–Crippen LogP) is 1.38. The van der Waals surface area contributed by atoms with E-state index >= 15 is 0 Å². The van der Waals surface area contributed by atoms with E-state index in [0.29, 0.717) is 19.8 Å². The summed E-state index contributed by atoms with van der Waals surface area (Å²) >= 11 is 0. The third-order valence-electron chi connectivity index (χ3n) is 4.59. The minimum Gasteiger partial charge on any atom is -0.379 e. The number of carbonyl (C=O) groups is 1. The van der Waals surface area contributed by atoms with Gasteiger partial charge in [0.2, 0.25) is 0 Å². The first kappa shape index (κ1) is 16.9. The highest BCUT2D eigenvalue weighted by Gasteiger charge is 2.14. The Balaban J connectivity index is 1.51. The van der Waals surface area contributed by atoms with E-state index in [4.69, 9.17) is 4.74 Å². The number of nitrogens with zero attached hydrogens (tertiary/aromatic N) is 3. The number of aryl methyl sites for hydroxylation is 1. The van der Waals surface area contributed by atoms with Gasteiger partial charge in [0.05, 0.1) is 26.0 Å². The number of amides is 1. The van der Waals surface area contributed by atoms with Gasteiger partial charge in [0, 0.05) is 31.9 Å². The molecule has 1 aromatic carbocycles. The topological polar surface area (TPSA) is 57.2 Å². The lowest BCUT2D eigenvalue weighted by atomic mass is 10.1. The predicted molar refractivity (Wildman–Crippen MR) is 95.6 cm³/mol. The van der Waals surface area contributed by atoms with Crippen molar-refractivity contribution in [1.82, 2.24) is 10.3 Å². The van der Waals surface area contributed by atoms with Gasteiger partial charge in [0.15, 0.2) is 0 Å². The first-order chi connectivity index (χ1) is 11.7. The molecule has 2 fully saturated rings. The van der Waals surface area contributed by atoms with Gasteiger partial charge < -0.3 is 9.64 Å². The summed E-state index contributed by atoms with van der Waals surface area (Å²) in [6, 6.07) is 6.40. The van der Waals surface area contributed by atoms with E-state index in [0.717, 1.165) is 31.7 Å². The maximum absolute atomic E-state index is 11.9. The van der Waals surface area contributed by atoms with Crippen LogP contribution in [0.4, 0.5) is 5.69 Å². The lowest BCUT2D eigenvalue weighted by molar-refractivity contribution is -0.123. The lowest BCUT2D eigenvalue weighted by Crippen LogP contribution is -2.42. The Hall–Kier alpha value is -1.92. The van der Waals surface area contributed by atoms with Gasteiger partial charge in [-0.1, -0.05) is 6.07 Å². The molecule has 0 aromatic heterocycles. The third kappa shape index (κ3) is 4.55. The minimum absolute atomic E-state index is 0.0838. The number of anilines is 1. The zero-order valence-electron chi connectivity index (χ0n) is 14.3. The van der Waals surface area contributed by atoms with Gasteiger partial charge >= 0.3 is 0 Å². The molecule has 1 amide bonds. The van der Waals surface area contributed by atoms with E-state index in [1.165, 1.54) is 24.1 Å². The number of nitrogens with one attached hydrogen (secondary N) is 1. The minimum atomic E-state index is -0.0838. The van der Waals surface area contributed by atoms with Crippen molar-refractivity contribution in [3.63, 3.8) is 0 Å². The summed E-state index contributed by atoms with van der Waals surface area (Å²) in [7, 11) is 0. The Morgan fingerprint density at radius 2 is 2.00 bits per heavy atom. The molecule has 0 unspecified atom stereocenters. The molecule has 0 spiro atoms. The molecular weight excluding hydrogens is 304 g/mol. The standard InChI is InChI=1S/C18H26N4O2/c1-15-12-17(22-6-2-3-7-22)5-4-16(15)13-19-20-18(23)14-21-8-10-24-11-9-21/h4-5,12-13H,2-3,6-11,14H2,1H3,(H,20,23)/b19-13+. The SMILES string of the molecule is Cc1cc(N2CCCC2)ccc1/C=N/NC(=O)CN1CCOCC1. The fourth-order valence-electron chi connectivity index (χ4n) is 3.15. The van der Waals surface area contributed by atoms with Gasteiger partial charge in [-0.05, 0) is 43.0 Å². The molecule has 2 saturated heterocycles. The second-order valence-electron chi connectivity index (χ2n) is 6.42. The van der Waals surface area contributed by atoms with Crippen molar-refractivity contribution in [2.24, 2.45) is 5.10 Å². The van der Waals surface area contributed by atoms with Crippen LogP contribution in [0, 0.1) is 6.92 Å². The first-order valence-corrected chi connectivity index (χ1v) is 8.70. The molecule has 24 heavy (non-hydrogen) atoms. The molecule has 1 aromatic rings. The summed E-state index contributed by atoms with van der Waals surface area (Å²) in [6.45, 7) is 7.72. The van der Waals surface area contributed by atoms with Crippen LogP contribution in [0.1, 0.15) is 24.0 Å². The van der Waals surface area contributed by atoms with E-state index < -0.39 is 0 Å². The molecule has 0 saturated carbocycles. The number of rotatable bonds is 5. The van der Waals surface area contributed by atoms with E-state index in [9.17, 15) is 4.79 Å². The van der Waals surface area contributed by atoms with E-state index in [1.54, 1.807) is 6.21 Å². The molecule has 0 aliphatic carbocycles. The number of morpholine rings is 1. The van der Waals surface area contributed by atoms with E-state index in [-0.39, 0.29) is 5.91 Å².